The third-order valence-electron chi connectivity index (χ3n) is 17.5. The molecule has 394 valence electrons. The van der Waals surface area contributed by atoms with Crippen molar-refractivity contribution < 1.29 is 28.7 Å². The van der Waals surface area contributed by atoms with E-state index >= 15 is 19.2 Å². The van der Waals surface area contributed by atoms with Crippen LogP contribution >= 0.6 is 0 Å². The maximum Gasteiger partial charge on any atom is 0.195 e. The number of methoxy groups -OCH3 is 2. The van der Waals surface area contributed by atoms with Crippen molar-refractivity contribution in [2.75, 3.05) is 14.2 Å². The van der Waals surface area contributed by atoms with Gasteiger partial charge in [-0.2, -0.15) is 0 Å². The molecule has 0 N–H and O–H groups in total. The molecule has 0 fully saturated rings. The molecule has 0 spiro atoms. The molecule has 6 nitrogen and oxygen atoms in total. The second kappa shape index (κ2) is 18.7. The van der Waals surface area contributed by atoms with Crippen LogP contribution in [0.1, 0.15) is 63.7 Å². The highest BCUT2D eigenvalue weighted by atomic mass is 16.5. The number of ether oxygens (including phenoxy) is 2. The van der Waals surface area contributed by atoms with Gasteiger partial charge in [-0.05, 0) is 111 Å². The monoisotopic (exact) mass is 1080 g/mol. The van der Waals surface area contributed by atoms with E-state index in [9.17, 15) is 0 Å². The summed E-state index contributed by atoms with van der Waals surface area (Å²) in [6, 6.07) is 79.0. The van der Waals surface area contributed by atoms with Crippen LogP contribution in [0.3, 0.4) is 0 Å². The molecule has 0 atom stereocenters. The minimum Gasteiger partial charge on any atom is -0.496 e. The number of carbonyl (C=O) groups is 4. The van der Waals surface area contributed by atoms with Crippen molar-refractivity contribution in [2.45, 2.75) is 0 Å². The Morgan fingerprint density at radius 3 is 0.679 bits per heavy atom. The molecule has 0 saturated carbocycles. The Hall–Kier alpha value is -11.1. The number of rotatable bonds is 7. The summed E-state index contributed by atoms with van der Waals surface area (Å²) in [6.45, 7) is 0. The highest BCUT2D eigenvalue weighted by Crippen LogP contribution is 2.56. The minimum absolute atomic E-state index is 0.0365. The topological polar surface area (TPSA) is 86.7 Å². The molecule has 0 aliphatic heterocycles. The highest BCUT2D eigenvalue weighted by molar-refractivity contribution is 6.44. The summed E-state index contributed by atoms with van der Waals surface area (Å²) in [7, 11) is 3.01. The largest absolute Gasteiger partial charge is 0.496 e. The van der Waals surface area contributed by atoms with Gasteiger partial charge in [0.25, 0.3) is 0 Å². The van der Waals surface area contributed by atoms with Gasteiger partial charge in [0.05, 0.1) is 14.2 Å². The molecule has 2 aliphatic rings. The summed E-state index contributed by atoms with van der Waals surface area (Å²) >= 11 is 0. The Morgan fingerprint density at radius 1 is 0.202 bits per heavy atom. The fourth-order valence-corrected chi connectivity index (χ4v) is 14.2. The maximum atomic E-state index is 17.1. The Labute approximate surface area is 482 Å². The summed E-state index contributed by atoms with van der Waals surface area (Å²) in [6.07, 6.45) is 0. The van der Waals surface area contributed by atoms with Gasteiger partial charge in [0.15, 0.2) is 23.1 Å². The van der Waals surface area contributed by atoms with E-state index in [1.54, 1.807) is 24.3 Å². The number of hydrogen-bond donors (Lipinski definition) is 0. The van der Waals surface area contributed by atoms with E-state index in [1.165, 1.54) is 14.2 Å². The highest BCUT2D eigenvalue weighted by Gasteiger charge is 2.44. The van der Waals surface area contributed by atoms with Crippen LogP contribution in [-0.4, -0.2) is 37.4 Å². The molecule has 0 heterocycles. The zero-order chi connectivity index (χ0) is 56.5. The zero-order valence-electron chi connectivity index (χ0n) is 45.5. The van der Waals surface area contributed by atoms with Gasteiger partial charge in [-0.1, -0.05) is 218 Å². The van der Waals surface area contributed by atoms with Crippen molar-refractivity contribution in [1.29, 1.82) is 0 Å². The molecule has 2 aliphatic carbocycles. The average Bonchev–Trinajstić information content (AvgIpc) is 0.798. The molecule has 0 saturated heterocycles. The van der Waals surface area contributed by atoms with Crippen molar-refractivity contribution in [2.24, 2.45) is 0 Å². The summed E-state index contributed by atoms with van der Waals surface area (Å²) < 4.78 is 12.7. The molecule has 0 amide bonds. The van der Waals surface area contributed by atoms with E-state index in [1.807, 2.05) is 170 Å². The van der Waals surface area contributed by atoms with Gasteiger partial charge in [0, 0.05) is 77.9 Å². The lowest BCUT2D eigenvalue weighted by Crippen LogP contribution is -2.27. The number of ketones is 4. The van der Waals surface area contributed by atoms with Crippen LogP contribution in [0.2, 0.25) is 0 Å². The second-order valence-electron chi connectivity index (χ2n) is 21.6. The molecule has 14 aromatic carbocycles. The first-order chi connectivity index (χ1) is 41.4. The van der Waals surface area contributed by atoms with Crippen molar-refractivity contribution >= 4 is 87.8 Å². The van der Waals surface area contributed by atoms with Crippen LogP contribution in [0.25, 0.3) is 120 Å². The minimum atomic E-state index is -0.445. The maximum absolute atomic E-state index is 17.1. The van der Waals surface area contributed by atoms with Crippen molar-refractivity contribution in [1.82, 2.24) is 0 Å². The van der Waals surface area contributed by atoms with Crippen molar-refractivity contribution in [3.8, 4) is 67.1 Å². The van der Waals surface area contributed by atoms with Crippen molar-refractivity contribution in [3.05, 3.63) is 287 Å². The summed E-state index contributed by atoms with van der Waals surface area (Å²) in [5.41, 5.74) is 7.20. The van der Waals surface area contributed by atoms with Gasteiger partial charge in [-0.25, -0.2) is 0 Å². The van der Waals surface area contributed by atoms with Crippen LogP contribution in [0.15, 0.2) is 243 Å². The van der Waals surface area contributed by atoms with Gasteiger partial charge in [-0.3, -0.25) is 19.2 Å². The lowest BCUT2D eigenvalue weighted by Gasteiger charge is -2.31. The number of carbonyl (C=O) groups excluding carboxylic acids is 4. The molecule has 16 rings (SSSR count). The summed E-state index contributed by atoms with van der Waals surface area (Å²) in [4.78, 5) is 67.2. The Balaban J connectivity index is 1.06. The quantitative estimate of drug-likeness (QED) is 0.148. The second-order valence-corrected chi connectivity index (χ2v) is 21.6. The Kier molecular flexibility index (Phi) is 10.9. The number of hydrogen-bond acceptors (Lipinski definition) is 6. The first-order valence-corrected chi connectivity index (χ1v) is 28.1. The third kappa shape index (κ3) is 6.73. The summed E-state index contributed by atoms with van der Waals surface area (Å²) in [5.74, 6) is -1.22. The first kappa shape index (κ1) is 48.8. The lowest BCUT2D eigenvalue weighted by atomic mass is 9.69. The number of benzene rings is 14. The van der Waals surface area contributed by atoms with Gasteiger partial charge in [-0.15, -0.1) is 0 Å². The fourth-order valence-electron chi connectivity index (χ4n) is 14.2. The lowest BCUT2D eigenvalue weighted by molar-refractivity contribution is 0.0979. The molecule has 14 aromatic rings. The van der Waals surface area contributed by atoms with E-state index in [-0.39, 0.29) is 78.7 Å². The van der Waals surface area contributed by atoms with Crippen LogP contribution in [-0.2, 0) is 0 Å². The summed E-state index contributed by atoms with van der Waals surface area (Å²) in [5, 5.41) is 11.1. The average molecular weight is 1080 g/mol. The van der Waals surface area contributed by atoms with E-state index in [0.717, 1.165) is 86.9 Å². The normalized spacial score (nSPS) is 12.7. The zero-order valence-corrected chi connectivity index (χ0v) is 45.5. The Morgan fingerprint density at radius 2 is 0.429 bits per heavy atom. The SMILES string of the molecule is COc1ccc2c(c1-c1c(OC)ccc3c1C(=O)c1c(c(-c4ccccc4)c4c5ccccc5c5ccccc5c4c1-c1ccccc1)C3=O)C(=O)c1c(c(-c3ccccc3)c3c4ccccc4c4ccccc4c3c1-c1ccccc1)C2=O. The molecular weight excluding hydrogens is 1030 g/mol. The molecule has 6 heteroatoms. The molecular formula is C78H46O6. The van der Waals surface area contributed by atoms with E-state index < -0.39 is 11.6 Å². The molecule has 0 radical (unpaired) electrons. The van der Waals surface area contributed by atoms with Gasteiger partial charge >= 0.3 is 0 Å². The molecule has 84 heavy (non-hydrogen) atoms. The van der Waals surface area contributed by atoms with Crippen LogP contribution in [0, 0.1) is 0 Å². The van der Waals surface area contributed by atoms with Gasteiger partial charge in [0.2, 0.25) is 0 Å². The van der Waals surface area contributed by atoms with Crippen LogP contribution in [0.5, 0.6) is 11.5 Å². The third-order valence-corrected chi connectivity index (χ3v) is 17.5. The Bertz CT molecular complexity index is 4930. The van der Waals surface area contributed by atoms with E-state index in [0.29, 0.717) is 22.3 Å². The standard InChI is InChI=1S/C78H46O6/c1-83-57-41-39-55-67(77(81)73-61(45-27-11-5-12-28-45)65-53-37-21-17-33-49(53)47-31-15-19-35-51(47)63(65)59(71(73)75(55)79)43-23-7-3-8-24-43)69(57)70-58(84-2)42-40-56-68(70)78(82)74-62(46-29-13-6-14-30-46)66-54-38-22-18-34-50(54)48-32-16-20-36-52(48)64(66)60(72(74)76(56)80)44-25-9-4-10-26-44/h3-42H,1-2H3. The molecule has 0 aromatic heterocycles. The smallest absolute Gasteiger partial charge is 0.195 e. The van der Waals surface area contributed by atoms with Crippen LogP contribution < -0.4 is 9.47 Å². The van der Waals surface area contributed by atoms with Crippen LogP contribution in [0.4, 0.5) is 0 Å². The predicted octanol–water partition coefficient (Wildman–Crippen LogP) is 18.5. The van der Waals surface area contributed by atoms with Gasteiger partial charge in [0.1, 0.15) is 11.5 Å². The van der Waals surface area contributed by atoms with E-state index in [4.69, 9.17) is 9.47 Å². The number of fused-ring (bicyclic) bond motifs is 16. The van der Waals surface area contributed by atoms with Gasteiger partial charge < -0.3 is 9.47 Å². The van der Waals surface area contributed by atoms with Crippen molar-refractivity contribution in [3.63, 3.8) is 0 Å². The first-order valence-electron chi connectivity index (χ1n) is 28.1. The molecule has 0 bridgehead atoms. The fraction of sp³-hybridized carbons (Fsp3) is 0.0256. The molecule has 0 unspecified atom stereocenters. The predicted molar refractivity (Wildman–Crippen MR) is 338 cm³/mol. The van der Waals surface area contributed by atoms with E-state index in [2.05, 4.69) is 48.5 Å².